The molecule has 0 aliphatic rings. The molecule has 0 aliphatic carbocycles. The van der Waals surface area contributed by atoms with E-state index in [-0.39, 0.29) is 0 Å². The second-order valence-electron chi connectivity index (χ2n) is 5.54. The number of benzene rings is 1. The number of rotatable bonds is 4. The van der Waals surface area contributed by atoms with E-state index in [0.29, 0.717) is 11.5 Å². The molecule has 0 bridgehead atoms. The van der Waals surface area contributed by atoms with Crippen molar-refractivity contribution in [3.8, 4) is 0 Å². The maximum Gasteiger partial charge on any atom is 0.0406 e. The summed E-state index contributed by atoms with van der Waals surface area (Å²) in [7, 11) is 0. The van der Waals surface area contributed by atoms with Crippen molar-refractivity contribution in [1.82, 2.24) is 5.32 Å². The molecule has 90 valence electrons. The molecule has 0 saturated heterocycles. The van der Waals surface area contributed by atoms with Gasteiger partial charge >= 0.3 is 0 Å². The molecule has 1 aromatic rings. The van der Waals surface area contributed by atoms with Crippen molar-refractivity contribution in [3.05, 3.63) is 34.9 Å². The van der Waals surface area contributed by atoms with E-state index in [0.717, 1.165) is 11.6 Å². The molecule has 1 atom stereocenters. The first-order valence-corrected chi connectivity index (χ1v) is 6.25. The summed E-state index contributed by atoms with van der Waals surface area (Å²) in [4.78, 5) is 0. The third-order valence-corrected chi connectivity index (χ3v) is 2.95. The van der Waals surface area contributed by atoms with Crippen molar-refractivity contribution < 1.29 is 0 Å². The van der Waals surface area contributed by atoms with E-state index in [9.17, 15) is 0 Å². The first kappa shape index (κ1) is 13.5. The molecule has 0 radical (unpaired) electrons. The SMILES string of the molecule is C[C@H](NCCC(C)(C)C)c1ccc(Cl)cc1. The van der Waals surface area contributed by atoms with Gasteiger partial charge < -0.3 is 5.32 Å². The minimum atomic E-state index is 0.389. The van der Waals surface area contributed by atoms with Crippen LogP contribution in [0.25, 0.3) is 0 Å². The van der Waals surface area contributed by atoms with Gasteiger partial charge in [-0.25, -0.2) is 0 Å². The first-order chi connectivity index (χ1) is 7.38. The van der Waals surface area contributed by atoms with Crippen LogP contribution in [-0.4, -0.2) is 6.54 Å². The Balaban J connectivity index is 2.41. The summed E-state index contributed by atoms with van der Waals surface area (Å²) in [5.41, 5.74) is 1.69. The second-order valence-corrected chi connectivity index (χ2v) is 5.97. The molecule has 2 heteroatoms. The maximum atomic E-state index is 5.86. The predicted molar refractivity (Wildman–Crippen MR) is 71.9 cm³/mol. The lowest BCUT2D eigenvalue weighted by Crippen LogP contribution is -2.23. The monoisotopic (exact) mass is 239 g/mol. The van der Waals surface area contributed by atoms with E-state index < -0.39 is 0 Å². The van der Waals surface area contributed by atoms with Gasteiger partial charge in [0.15, 0.2) is 0 Å². The van der Waals surface area contributed by atoms with Crippen LogP contribution in [0.1, 0.15) is 45.7 Å². The van der Waals surface area contributed by atoms with E-state index >= 15 is 0 Å². The summed E-state index contributed by atoms with van der Waals surface area (Å²) < 4.78 is 0. The largest absolute Gasteiger partial charge is 0.310 e. The minimum Gasteiger partial charge on any atom is -0.310 e. The zero-order valence-electron chi connectivity index (χ0n) is 10.7. The molecular weight excluding hydrogens is 218 g/mol. The van der Waals surface area contributed by atoms with Gasteiger partial charge in [-0.1, -0.05) is 44.5 Å². The average Bonchev–Trinajstić information content (AvgIpc) is 2.16. The lowest BCUT2D eigenvalue weighted by atomic mass is 9.92. The Morgan fingerprint density at radius 3 is 2.25 bits per heavy atom. The number of halogens is 1. The van der Waals surface area contributed by atoms with Crippen molar-refractivity contribution in [3.63, 3.8) is 0 Å². The second kappa shape index (κ2) is 5.70. The molecule has 16 heavy (non-hydrogen) atoms. The van der Waals surface area contributed by atoms with Crippen LogP contribution in [0, 0.1) is 5.41 Å². The van der Waals surface area contributed by atoms with Crippen LogP contribution in [-0.2, 0) is 0 Å². The molecule has 1 aromatic carbocycles. The number of nitrogens with one attached hydrogen (secondary N) is 1. The normalized spacial score (nSPS) is 13.8. The Hall–Kier alpha value is -0.530. The van der Waals surface area contributed by atoms with Crippen LogP contribution < -0.4 is 5.32 Å². The molecule has 1 N–H and O–H groups in total. The van der Waals surface area contributed by atoms with Crippen LogP contribution in [0.4, 0.5) is 0 Å². The van der Waals surface area contributed by atoms with Crippen LogP contribution in [0.15, 0.2) is 24.3 Å². The van der Waals surface area contributed by atoms with Gasteiger partial charge in [-0.15, -0.1) is 0 Å². The summed E-state index contributed by atoms with van der Waals surface area (Å²) in [6.07, 6.45) is 1.19. The number of hydrogen-bond acceptors (Lipinski definition) is 1. The Morgan fingerprint density at radius 2 is 1.75 bits per heavy atom. The summed E-state index contributed by atoms with van der Waals surface area (Å²) in [6.45, 7) is 10.0. The fraction of sp³-hybridized carbons (Fsp3) is 0.571. The Labute approximate surface area is 104 Å². The zero-order chi connectivity index (χ0) is 12.2. The molecule has 1 nitrogen and oxygen atoms in total. The van der Waals surface area contributed by atoms with Crippen molar-refractivity contribution in [2.24, 2.45) is 5.41 Å². The van der Waals surface area contributed by atoms with E-state index in [1.165, 1.54) is 12.0 Å². The topological polar surface area (TPSA) is 12.0 Å². The molecule has 0 amide bonds. The summed E-state index contributed by atoms with van der Waals surface area (Å²) in [6, 6.07) is 8.44. The quantitative estimate of drug-likeness (QED) is 0.820. The van der Waals surface area contributed by atoms with E-state index in [4.69, 9.17) is 11.6 Å². The highest BCUT2D eigenvalue weighted by molar-refractivity contribution is 6.30. The lowest BCUT2D eigenvalue weighted by molar-refractivity contribution is 0.358. The Bertz CT molecular complexity index is 311. The molecule has 0 saturated carbocycles. The zero-order valence-corrected chi connectivity index (χ0v) is 11.4. The summed E-state index contributed by atoms with van der Waals surface area (Å²) >= 11 is 5.86. The molecule has 0 fully saturated rings. The highest BCUT2D eigenvalue weighted by Gasteiger charge is 2.10. The molecular formula is C14H22ClN. The third-order valence-electron chi connectivity index (χ3n) is 2.70. The van der Waals surface area contributed by atoms with Gasteiger partial charge in [0, 0.05) is 11.1 Å². The van der Waals surface area contributed by atoms with Gasteiger partial charge in [-0.3, -0.25) is 0 Å². The van der Waals surface area contributed by atoms with Gasteiger partial charge in [0.25, 0.3) is 0 Å². The molecule has 0 unspecified atom stereocenters. The molecule has 0 aliphatic heterocycles. The van der Waals surface area contributed by atoms with E-state index in [1.54, 1.807) is 0 Å². The van der Waals surface area contributed by atoms with Crippen LogP contribution >= 0.6 is 11.6 Å². The third kappa shape index (κ3) is 5.00. The minimum absolute atomic E-state index is 0.389. The van der Waals surface area contributed by atoms with Crippen LogP contribution in [0.2, 0.25) is 5.02 Å². The average molecular weight is 240 g/mol. The highest BCUT2D eigenvalue weighted by Crippen LogP contribution is 2.19. The summed E-state index contributed by atoms with van der Waals surface area (Å²) in [5, 5.41) is 4.33. The van der Waals surface area contributed by atoms with Gasteiger partial charge in [0.2, 0.25) is 0 Å². The van der Waals surface area contributed by atoms with Crippen molar-refractivity contribution in [2.75, 3.05) is 6.54 Å². The van der Waals surface area contributed by atoms with Crippen molar-refractivity contribution >= 4 is 11.6 Å². The number of hydrogen-bond donors (Lipinski definition) is 1. The van der Waals surface area contributed by atoms with Gasteiger partial charge in [0.05, 0.1) is 0 Å². The van der Waals surface area contributed by atoms with Gasteiger partial charge in [-0.05, 0) is 43.0 Å². The van der Waals surface area contributed by atoms with Crippen molar-refractivity contribution in [1.29, 1.82) is 0 Å². The fourth-order valence-electron chi connectivity index (χ4n) is 1.53. The van der Waals surface area contributed by atoms with Crippen molar-refractivity contribution in [2.45, 2.75) is 40.2 Å². The Morgan fingerprint density at radius 1 is 1.19 bits per heavy atom. The standard InChI is InChI=1S/C14H22ClN/c1-11(16-10-9-14(2,3)4)12-5-7-13(15)8-6-12/h5-8,11,16H,9-10H2,1-4H3/t11-/m0/s1. The van der Waals surface area contributed by atoms with Crippen LogP contribution in [0.5, 0.6) is 0 Å². The smallest absolute Gasteiger partial charge is 0.0406 e. The molecule has 1 rings (SSSR count). The van der Waals surface area contributed by atoms with E-state index in [1.807, 2.05) is 12.1 Å². The first-order valence-electron chi connectivity index (χ1n) is 5.87. The predicted octanol–water partition coefficient (Wildman–Crippen LogP) is 4.43. The van der Waals surface area contributed by atoms with E-state index in [2.05, 4.69) is 45.1 Å². The van der Waals surface area contributed by atoms with Gasteiger partial charge in [0.1, 0.15) is 0 Å². The van der Waals surface area contributed by atoms with Gasteiger partial charge in [-0.2, -0.15) is 0 Å². The molecule has 0 spiro atoms. The maximum absolute atomic E-state index is 5.86. The highest BCUT2D eigenvalue weighted by atomic mass is 35.5. The lowest BCUT2D eigenvalue weighted by Gasteiger charge is -2.21. The molecule has 0 heterocycles. The molecule has 0 aromatic heterocycles. The fourth-order valence-corrected chi connectivity index (χ4v) is 1.66. The summed E-state index contributed by atoms with van der Waals surface area (Å²) in [5.74, 6) is 0. The Kier molecular flexibility index (Phi) is 4.82. The van der Waals surface area contributed by atoms with Crippen LogP contribution in [0.3, 0.4) is 0 Å².